The van der Waals surface area contributed by atoms with E-state index in [0.29, 0.717) is 0 Å². The van der Waals surface area contributed by atoms with E-state index in [1.54, 1.807) is 0 Å². The molecule has 0 heterocycles. The zero-order valence-electron chi connectivity index (χ0n) is 10.8. The highest BCUT2D eigenvalue weighted by Gasteiger charge is 2.15. The van der Waals surface area contributed by atoms with Crippen molar-refractivity contribution in [2.45, 2.75) is 38.0 Å². The first-order valence-electron chi connectivity index (χ1n) is 6.07. The topological polar surface area (TPSA) is 46.2 Å². The third kappa shape index (κ3) is 5.57. The largest absolute Gasteiger partial charge is 0.394 e. The van der Waals surface area contributed by atoms with Crippen LogP contribution in [0, 0.1) is 6.92 Å². The van der Waals surface area contributed by atoms with Crippen LogP contribution in [0.5, 0.6) is 0 Å². The van der Waals surface area contributed by atoms with E-state index < -0.39 is 5.54 Å². The molecule has 0 aliphatic rings. The van der Waals surface area contributed by atoms with Crippen molar-refractivity contribution < 1.29 is 5.11 Å². The molecule has 3 N–H and O–H groups in total. The Kier molecular flexibility index (Phi) is 6.03. The number of aliphatic hydroxyl groups is 1. The van der Waals surface area contributed by atoms with Crippen molar-refractivity contribution in [3.63, 3.8) is 0 Å². The molecule has 1 atom stereocenters. The molecule has 0 aliphatic heterocycles. The number of rotatable bonds is 7. The zero-order valence-corrected chi connectivity index (χ0v) is 11.6. The summed E-state index contributed by atoms with van der Waals surface area (Å²) in [4.78, 5) is 0. The van der Waals surface area contributed by atoms with E-state index in [1.165, 1.54) is 11.1 Å². The predicted molar refractivity (Wildman–Crippen MR) is 76.3 cm³/mol. The molecule has 96 valence electrons. The molecule has 0 saturated heterocycles. The monoisotopic (exact) mass is 253 g/mol. The lowest BCUT2D eigenvalue weighted by Gasteiger charge is -2.21. The van der Waals surface area contributed by atoms with E-state index in [1.807, 2.05) is 18.7 Å². The maximum Gasteiger partial charge on any atom is 0.0608 e. The van der Waals surface area contributed by atoms with Crippen molar-refractivity contribution >= 4 is 11.8 Å². The van der Waals surface area contributed by atoms with Crippen LogP contribution in [-0.2, 0) is 5.75 Å². The van der Waals surface area contributed by atoms with Crippen molar-refractivity contribution in [1.29, 1.82) is 0 Å². The van der Waals surface area contributed by atoms with Crippen molar-refractivity contribution in [2.75, 3.05) is 12.4 Å². The molecule has 0 aromatic heterocycles. The number of benzene rings is 1. The molecule has 1 unspecified atom stereocenters. The molecule has 1 rings (SSSR count). The molecule has 3 heteroatoms. The summed E-state index contributed by atoms with van der Waals surface area (Å²) in [6.07, 6.45) is 1.94. The van der Waals surface area contributed by atoms with Gasteiger partial charge in [-0.3, -0.25) is 0 Å². The van der Waals surface area contributed by atoms with Gasteiger partial charge < -0.3 is 10.8 Å². The molecule has 1 aromatic carbocycles. The van der Waals surface area contributed by atoms with E-state index in [9.17, 15) is 0 Å². The standard InChI is InChI=1S/C14H23NOS/c1-12-6-3-4-7-13(12)10-17-9-5-8-14(2,15)11-16/h3-4,6-7,16H,5,8-11,15H2,1-2H3. The number of aliphatic hydroxyl groups excluding tert-OH is 1. The van der Waals surface area contributed by atoms with Crippen molar-refractivity contribution in [1.82, 2.24) is 0 Å². The average Bonchev–Trinajstić information content (AvgIpc) is 2.31. The summed E-state index contributed by atoms with van der Waals surface area (Å²) >= 11 is 1.93. The highest BCUT2D eigenvalue weighted by atomic mass is 32.2. The molecule has 0 bridgehead atoms. The zero-order chi connectivity index (χ0) is 12.7. The van der Waals surface area contributed by atoms with E-state index in [2.05, 4.69) is 31.2 Å². The Morgan fingerprint density at radius 2 is 2.06 bits per heavy atom. The summed E-state index contributed by atoms with van der Waals surface area (Å²) < 4.78 is 0. The molecule has 0 aliphatic carbocycles. The second-order valence-electron chi connectivity index (χ2n) is 4.89. The number of hydrogen-bond donors (Lipinski definition) is 2. The molecule has 0 saturated carbocycles. The first-order chi connectivity index (χ1) is 8.05. The molecule has 2 nitrogen and oxygen atoms in total. The van der Waals surface area contributed by atoms with Gasteiger partial charge in [0.1, 0.15) is 0 Å². The van der Waals surface area contributed by atoms with Gasteiger partial charge in [-0.2, -0.15) is 11.8 Å². The lowest BCUT2D eigenvalue weighted by molar-refractivity contribution is 0.200. The predicted octanol–water partition coefficient (Wildman–Crippen LogP) is 2.72. The fourth-order valence-corrected chi connectivity index (χ4v) is 2.65. The Morgan fingerprint density at radius 1 is 1.35 bits per heavy atom. The Labute approximate surface area is 109 Å². The summed E-state index contributed by atoms with van der Waals surface area (Å²) in [6, 6.07) is 8.50. The maximum absolute atomic E-state index is 9.03. The summed E-state index contributed by atoms with van der Waals surface area (Å²) in [5.41, 5.74) is 8.23. The quantitative estimate of drug-likeness (QED) is 0.735. The fraction of sp³-hybridized carbons (Fsp3) is 0.571. The lowest BCUT2D eigenvalue weighted by atomic mass is 9.99. The van der Waals surface area contributed by atoms with Gasteiger partial charge in [0.15, 0.2) is 0 Å². The highest BCUT2D eigenvalue weighted by Crippen LogP contribution is 2.18. The van der Waals surface area contributed by atoms with Gasteiger partial charge in [-0.05, 0) is 43.6 Å². The van der Waals surface area contributed by atoms with Gasteiger partial charge in [-0.1, -0.05) is 24.3 Å². The summed E-state index contributed by atoms with van der Waals surface area (Å²) in [5.74, 6) is 2.16. The van der Waals surface area contributed by atoms with Crippen LogP contribution in [0.3, 0.4) is 0 Å². The molecule has 0 fully saturated rings. The molecular formula is C14H23NOS. The molecule has 0 amide bonds. The van der Waals surface area contributed by atoms with Crippen molar-refractivity contribution in [3.8, 4) is 0 Å². The number of aryl methyl sites for hydroxylation is 1. The first-order valence-corrected chi connectivity index (χ1v) is 7.22. The van der Waals surface area contributed by atoms with Gasteiger partial charge >= 0.3 is 0 Å². The second-order valence-corrected chi connectivity index (χ2v) is 6.00. The van der Waals surface area contributed by atoms with Crippen LogP contribution in [0.4, 0.5) is 0 Å². The van der Waals surface area contributed by atoms with E-state index in [-0.39, 0.29) is 6.61 Å². The minimum absolute atomic E-state index is 0.0649. The van der Waals surface area contributed by atoms with Gasteiger partial charge in [-0.25, -0.2) is 0 Å². The molecule has 1 aromatic rings. The van der Waals surface area contributed by atoms with Crippen LogP contribution in [0.25, 0.3) is 0 Å². The molecular weight excluding hydrogens is 230 g/mol. The Morgan fingerprint density at radius 3 is 2.71 bits per heavy atom. The van der Waals surface area contributed by atoms with Crippen LogP contribution < -0.4 is 5.73 Å². The molecule has 17 heavy (non-hydrogen) atoms. The van der Waals surface area contributed by atoms with Gasteiger partial charge in [0.2, 0.25) is 0 Å². The van der Waals surface area contributed by atoms with Crippen LogP contribution in [0.15, 0.2) is 24.3 Å². The fourth-order valence-electron chi connectivity index (χ4n) is 1.61. The smallest absolute Gasteiger partial charge is 0.0608 e. The van der Waals surface area contributed by atoms with Crippen molar-refractivity contribution in [2.24, 2.45) is 5.73 Å². The van der Waals surface area contributed by atoms with Crippen LogP contribution in [-0.4, -0.2) is 23.0 Å². The average molecular weight is 253 g/mol. The van der Waals surface area contributed by atoms with E-state index >= 15 is 0 Å². The lowest BCUT2D eigenvalue weighted by Crippen LogP contribution is -2.40. The SMILES string of the molecule is Cc1ccccc1CSCCCC(C)(N)CO. The summed E-state index contributed by atoms with van der Waals surface area (Å²) in [7, 11) is 0. The number of nitrogens with two attached hydrogens (primary N) is 1. The van der Waals surface area contributed by atoms with E-state index in [4.69, 9.17) is 10.8 Å². The Hall–Kier alpha value is -0.510. The van der Waals surface area contributed by atoms with Gasteiger partial charge in [0.05, 0.1) is 6.61 Å². The summed E-state index contributed by atoms with van der Waals surface area (Å²) in [5, 5.41) is 9.03. The van der Waals surface area contributed by atoms with E-state index in [0.717, 1.165) is 24.3 Å². The first kappa shape index (κ1) is 14.6. The minimum Gasteiger partial charge on any atom is -0.394 e. The second kappa shape index (κ2) is 7.04. The van der Waals surface area contributed by atoms with Crippen molar-refractivity contribution in [3.05, 3.63) is 35.4 Å². The third-order valence-corrected chi connectivity index (χ3v) is 4.01. The van der Waals surface area contributed by atoms with Gasteiger partial charge in [0, 0.05) is 11.3 Å². The van der Waals surface area contributed by atoms with Gasteiger partial charge in [-0.15, -0.1) is 0 Å². The van der Waals surface area contributed by atoms with Crippen LogP contribution >= 0.6 is 11.8 Å². The molecule has 0 spiro atoms. The minimum atomic E-state index is -0.413. The Balaban J connectivity index is 2.19. The maximum atomic E-state index is 9.03. The normalized spacial score (nSPS) is 14.6. The van der Waals surface area contributed by atoms with Gasteiger partial charge in [0.25, 0.3) is 0 Å². The molecule has 0 radical (unpaired) electrons. The number of thioether (sulfide) groups is 1. The summed E-state index contributed by atoms with van der Waals surface area (Å²) in [6.45, 7) is 4.12. The number of hydrogen-bond acceptors (Lipinski definition) is 3. The van der Waals surface area contributed by atoms with Crippen LogP contribution in [0.2, 0.25) is 0 Å². The highest BCUT2D eigenvalue weighted by molar-refractivity contribution is 7.98. The third-order valence-electron chi connectivity index (χ3n) is 2.92. The Bertz CT molecular complexity index is 339. The van der Waals surface area contributed by atoms with Crippen LogP contribution in [0.1, 0.15) is 30.9 Å².